The molecule has 0 fully saturated rings. The Hall–Kier alpha value is -1.35. The summed E-state index contributed by atoms with van der Waals surface area (Å²) in [6.45, 7) is 4.20. The first kappa shape index (κ1) is 11.1. The predicted molar refractivity (Wildman–Crippen MR) is 68.7 cm³/mol. The van der Waals surface area contributed by atoms with Gasteiger partial charge in [-0.2, -0.15) is 0 Å². The van der Waals surface area contributed by atoms with Crippen LogP contribution in [0.25, 0.3) is 11.3 Å². The van der Waals surface area contributed by atoms with Crippen LogP contribution in [-0.2, 0) is 0 Å². The van der Waals surface area contributed by atoms with E-state index in [9.17, 15) is 0 Å². The zero-order chi connectivity index (χ0) is 11.5. The lowest BCUT2D eigenvalue weighted by molar-refractivity contribution is 0.936. The molecule has 16 heavy (non-hydrogen) atoms. The summed E-state index contributed by atoms with van der Waals surface area (Å²) in [4.78, 5) is 0. The van der Waals surface area contributed by atoms with E-state index in [2.05, 4.69) is 42.2 Å². The van der Waals surface area contributed by atoms with E-state index in [0.29, 0.717) is 0 Å². The molecule has 2 rings (SSSR count). The van der Waals surface area contributed by atoms with Crippen LogP contribution in [0.2, 0.25) is 0 Å². The quantitative estimate of drug-likeness (QED) is 0.739. The van der Waals surface area contributed by atoms with Gasteiger partial charge in [0.05, 0.1) is 5.69 Å². The van der Waals surface area contributed by atoms with Crippen LogP contribution in [0.5, 0.6) is 0 Å². The number of hydrogen-bond acceptors (Lipinski definition) is 3. The zero-order valence-corrected chi connectivity index (χ0v) is 10.5. The van der Waals surface area contributed by atoms with E-state index in [1.165, 1.54) is 11.1 Å². The van der Waals surface area contributed by atoms with Crippen molar-refractivity contribution in [2.75, 3.05) is 6.26 Å². The molecule has 1 aromatic heterocycles. The summed E-state index contributed by atoms with van der Waals surface area (Å²) in [5.74, 6) is 0. The lowest BCUT2D eigenvalue weighted by Gasteiger charge is -2.05. The van der Waals surface area contributed by atoms with Crippen LogP contribution in [0, 0.1) is 13.8 Å². The summed E-state index contributed by atoms with van der Waals surface area (Å²) >= 11 is 1.61. The normalized spacial score (nSPS) is 10.4. The Balaban J connectivity index is 2.42. The largest absolute Gasteiger partial charge is 0.149 e. The Kier molecular flexibility index (Phi) is 3.25. The van der Waals surface area contributed by atoms with E-state index in [0.717, 1.165) is 16.3 Å². The smallest absolute Gasteiger partial charge is 0.119 e. The maximum atomic E-state index is 4.24. The van der Waals surface area contributed by atoms with Crippen LogP contribution < -0.4 is 0 Å². The summed E-state index contributed by atoms with van der Waals surface area (Å²) < 4.78 is 0. The molecule has 1 aromatic carbocycles. The highest BCUT2D eigenvalue weighted by Gasteiger charge is 2.04. The van der Waals surface area contributed by atoms with Gasteiger partial charge in [0.15, 0.2) is 0 Å². The minimum Gasteiger partial charge on any atom is -0.149 e. The Morgan fingerprint density at radius 3 is 2.38 bits per heavy atom. The molecule has 2 aromatic rings. The van der Waals surface area contributed by atoms with Gasteiger partial charge in [0.1, 0.15) is 5.03 Å². The summed E-state index contributed by atoms with van der Waals surface area (Å²) in [5, 5.41) is 9.34. The van der Waals surface area contributed by atoms with Crippen molar-refractivity contribution in [1.29, 1.82) is 0 Å². The molecule has 2 nitrogen and oxygen atoms in total. The number of hydrogen-bond donors (Lipinski definition) is 0. The van der Waals surface area contributed by atoms with E-state index in [1.54, 1.807) is 11.8 Å². The lowest BCUT2D eigenvalue weighted by atomic mass is 10.0. The zero-order valence-electron chi connectivity index (χ0n) is 9.69. The average Bonchev–Trinajstić information content (AvgIpc) is 2.29. The first-order valence-corrected chi connectivity index (χ1v) is 6.38. The Morgan fingerprint density at radius 2 is 1.81 bits per heavy atom. The highest BCUT2D eigenvalue weighted by Crippen LogP contribution is 2.22. The van der Waals surface area contributed by atoms with Gasteiger partial charge in [0.25, 0.3) is 0 Å². The van der Waals surface area contributed by atoms with Crippen molar-refractivity contribution >= 4 is 11.8 Å². The summed E-state index contributed by atoms with van der Waals surface area (Å²) in [5.41, 5.74) is 4.61. The molecule has 82 valence electrons. The molecule has 0 N–H and O–H groups in total. The average molecular weight is 230 g/mol. The fourth-order valence-corrected chi connectivity index (χ4v) is 2.00. The second kappa shape index (κ2) is 4.66. The van der Waals surface area contributed by atoms with Gasteiger partial charge in [-0.15, -0.1) is 22.0 Å². The molecule has 0 unspecified atom stereocenters. The summed E-state index contributed by atoms with van der Waals surface area (Å²) in [7, 11) is 0. The fourth-order valence-electron chi connectivity index (χ4n) is 1.67. The highest BCUT2D eigenvalue weighted by molar-refractivity contribution is 7.98. The molecule has 0 aliphatic heterocycles. The van der Waals surface area contributed by atoms with Gasteiger partial charge in [-0.1, -0.05) is 23.8 Å². The monoisotopic (exact) mass is 230 g/mol. The van der Waals surface area contributed by atoms with Gasteiger partial charge in [0, 0.05) is 5.56 Å². The molecule has 3 heteroatoms. The molecule has 0 aliphatic carbocycles. The van der Waals surface area contributed by atoms with E-state index >= 15 is 0 Å². The minimum atomic E-state index is 0.940. The van der Waals surface area contributed by atoms with Gasteiger partial charge in [-0.3, -0.25) is 0 Å². The van der Waals surface area contributed by atoms with Gasteiger partial charge in [0.2, 0.25) is 0 Å². The maximum absolute atomic E-state index is 4.24. The number of aryl methyl sites for hydroxylation is 2. The Labute approximate surface area is 100 Å². The highest BCUT2D eigenvalue weighted by atomic mass is 32.2. The topological polar surface area (TPSA) is 25.8 Å². The maximum Gasteiger partial charge on any atom is 0.119 e. The third-order valence-corrected chi connectivity index (χ3v) is 3.14. The first-order chi connectivity index (χ1) is 7.70. The molecule has 0 atom stereocenters. The summed E-state index contributed by atoms with van der Waals surface area (Å²) in [6, 6.07) is 10.4. The third-order valence-electron chi connectivity index (χ3n) is 2.51. The molecule has 0 saturated heterocycles. The number of rotatable bonds is 2. The van der Waals surface area contributed by atoms with E-state index in [-0.39, 0.29) is 0 Å². The van der Waals surface area contributed by atoms with Crippen molar-refractivity contribution in [2.45, 2.75) is 18.9 Å². The van der Waals surface area contributed by atoms with Crippen molar-refractivity contribution in [2.24, 2.45) is 0 Å². The van der Waals surface area contributed by atoms with Crippen LogP contribution in [0.3, 0.4) is 0 Å². The van der Waals surface area contributed by atoms with Gasteiger partial charge in [-0.05, 0) is 37.8 Å². The van der Waals surface area contributed by atoms with Crippen LogP contribution in [-0.4, -0.2) is 16.5 Å². The Bertz CT molecular complexity index is 492. The van der Waals surface area contributed by atoms with Crippen LogP contribution in [0.4, 0.5) is 0 Å². The standard InChI is InChI=1S/C13H14N2S/c1-9-4-5-11(10(2)8-9)12-6-7-13(16-3)15-14-12/h4-8H,1-3H3. The molecule has 1 heterocycles. The molecule has 0 radical (unpaired) electrons. The second-order valence-electron chi connectivity index (χ2n) is 3.78. The van der Waals surface area contributed by atoms with Crippen molar-refractivity contribution in [1.82, 2.24) is 10.2 Å². The molecule has 0 amide bonds. The molecule has 0 spiro atoms. The van der Waals surface area contributed by atoms with Crippen molar-refractivity contribution in [3.8, 4) is 11.3 Å². The van der Waals surface area contributed by atoms with Crippen LogP contribution >= 0.6 is 11.8 Å². The molecule has 0 saturated carbocycles. The second-order valence-corrected chi connectivity index (χ2v) is 4.61. The third kappa shape index (κ3) is 2.25. The van der Waals surface area contributed by atoms with Gasteiger partial charge in [-0.25, -0.2) is 0 Å². The SMILES string of the molecule is CSc1ccc(-c2ccc(C)cc2C)nn1. The predicted octanol–water partition coefficient (Wildman–Crippen LogP) is 3.48. The van der Waals surface area contributed by atoms with E-state index in [4.69, 9.17) is 0 Å². The Morgan fingerprint density at radius 1 is 1.00 bits per heavy atom. The van der Waals surface area contributed by atoms with Crippen molar-refractivity contribution in [3.63, 3.8) is 0 Å². The number of benzene rings is 1. The van der Waals surface area contributed by atoms with Gasteiger partial charge < -0.3 is 0 Å². The van der Waals surface area contributed by atoms with Gasteiger partial charge >= 0.3 is 0 Å². The summed E-state index contributed by atoms with van der Waals surface area (Å²) in [6.07, 6.45) is 2.00. The molecular formula is C13H14N2S. The van der Waals surface area contributed by atoms with Crippen molar-refractivity contribution in [3.05, 3.63) is 41.5 Å². The fraction of sp³-hybridized carbons (Fsp3) is 0.231. The minimum absolute atomic E-state index is 0.940. The first-order valence-electron chi connectivity index (χ1n) is 5.16. The number of nitrogens with zero attached hydrogens (tertiary/aromatic N) is 2. The van der Waals surface area contributed by atoms with Crippen LogP contribution in [0.1, 0.15) is 11.1 Å². The number of aromatic nitrogens is 2. The molecular weight excluding hydrogens is 216 g/mol. The lowest BCUT2D eigenvalue weighted by Crippen LogP contribution is -1.91. The van der Waals surface area contributed by atoms with E-state index in [1.807, 2.05) is 18.4 Å². The number of thioether (sulfide) groups is 1. The van der Waals surface area contributed by atoms with Crippen molar-refractivity contribution < 1.29 is 0 Å². The van der Waals surface area contributed by atoms with Crippen LogP contribution in [0.15, 0.2) is 35.4 Å². The molecule has 0 aliphatic rings. The van der Waals surface area contributed by atoms with E-state index < -0.39 is 0 Å². The molecule has 0 bridgehead atoms.